The van der Waals surface area contributed by atoms with E-state index in [-0.39, 0.29) is 25.0 Å². The Morgan fingerprint density at radius 3 is 1.90 bits per heavy atom. The molecule has 6 heteroatoms. The zero-order valence-electron chi connectivity index (χ0n) is 13.4. The van der Waals surface area contributed by atoms with Crippen molar-refractivity contribution in [2.24, 2.45) is 0 Å². The summed E-state index contributed by atoms with van der Waals surface area (Å²) in [6.07, 6.45) is 0. The Kier molecular flexibility index (Phi) is 7.53. The molecule has 0 spiro atoms. The fourth-order valence-corrected chi connectivity index (χ4v) is 2.55. The first-order valence-corrected chi connectivity index (χ1v) is 7.86. The molecule has 0 amide bonds. The lowest BCUT2D eigenvalue weighted by atomic mass is 9.98. The second-order valence-corrected chi connectivity index (χ2v) is 8.27. The molecule has 0 saturated heterocycles. The maximum Gasteiger partial charge on any atom is 0.128 e. The Hall–Kier alpha value is -0.460. The number of benzene rings is 1. The van der Waals surface area contributed by atoms with Crippen molar-refractivity contribution in [2.45, 2.75) is 58.2 Å². The second-order valence-electron chi connectivity index (χ2n) is 6.27. The van der Waals surface area contributed by atoms with Gasteiger partial charge in [0.25, 0.3) is 0 Å². The summed E-state index contributed by atoms with van der Waals surface area (Å²) in [4.78, 5) is 0. The summed E-state index contributed by atoms with van der Waals surface area (Å²) >= 11 is 0. The van der Waals surface area contributed by atoms with Gasteiger partial charge < -0.3 is 0 Å². The topological polar surface area (TPSA) is 29.1 Å². The molecule has 122 valence electrons. The fourth-order valence-electron chi connectivity index (χ4n) is 1.75. The van der Waals surface area contributed by atoms with Crippen molar-refractivity contribution in [3.05, 3.63) is 34.9 Å². The van der Waals surface area contributed by atoms with Crippen molar-refractivity contribution in [2.75, 3.05) is 0 Å². The van der Waals surface area contributed by atoms with Gasteiger partial charge in [-0.1, -0.05) is 13.8 Å². The number of nitrogens with one attached hydrogen (secondary N) is 1. The van der Waals surface area contributed by atoms with Gasteiger partial charge in [0.05, 0.1) is 15.7 Å². The van der Waals surface area contributed by atoms with Crippen molar-refractivity contribution >= 4 is 24.5 Å². The lowest BCUT2D eigenvalue weighted by Gasteiger charge is -2.23. The van der Waals surface area contributed by atoms with Gasteiger partial charge in [0.2, 0.25) is 0 Å². The molecule has 1 N–H and O–H groups in total. The highest BCUT2D eigenvalue weighted by Crippen LogP contribution is 2.26. The Bertz CT molecular complexity index is 513. The lowest BCUT2D eigenvalue weighted by molar-refractivity contribution is 0.543. The van der Waals surface area contributed by atoms with Crippen molar-refractivity contribution in [3.63, 3.8) is 0 Å². The third-order valence-electron chi connectivity index (χ3n) is 3.04. The molecule has 2 nitrogen and oxygen atoms in total. The monoisotopic (exact) mass is 337 g/mol. The van der Waals surface area contributed by atoms with Gasteiger partial charge in [0.15, 0.2) is 0 Å². The predicted molar refractivity (Wildman–Crippen MR) is 90.3 cm³/mol. The first kappa shape index (κ1) is 20.5. The van der Waals surface area contributed by atoms with Crippen LogP contribution in [0.3, 0.4) is 0 Å². The first-order chi connectivity index (χ1) is 9.04. The predicted octanol–water partition coefficient (Wildman–Crippen LogP) is 4.31. The van der Waals surface area contributed by atoms with Gasteiger partial charge in [-0.2, -0.15) is 13.5 Å². The lowest BCUT2D eigenvalue weighted by Crippen LogP contribution is -2.35. The van der Waals surface area contributed by atoms with Crippen molar-refractivity contribution < 1.29 is 13.0 Å². The molecular formula is C15H25F2NOS2. The molecule has 0 bridgehead atoms. The normalized spacial score (nSPS) is 14.7. The molecule has 0 fully saturated rings. The van der Waals surface area contributed by atoms with Gasteiger partial charge >= 0.3 is 0 Å². The number of rotatable bonds is 4. The van der Waals surface area contributed by atoms with Crippen LogP contribution in [0.2, 0.25) is 0 Å². The summed E-state index contributed by atoms with van der Waals surface area (Å²) in [5.74, 6) is -0.974. The summed E-state index contributed by atoms with van der Waals surface area (Å²) in [6.45, 7) is 10.8. The third-order valence-corrected chi connectivity index (χ3v) is 4.72. The Morgan fingerprint density at radius 1 is 1.05 bits per heavy atom. The molecule has 0 aliphatic rings. The second kappa shape index (κ2) is 7.70. The summed E-state index contributed by atoms with van der Waals surface area (Å²) in [5, 5.41) is 0. The minimum Gasteiger partial charge on any atom is -0.242 e. The molecule has 0 heterocycles. The maximum absolute atomic E-state index is 14.1. The molecule has 21 heavy (non-hydrogen) atoms. The molecule has 2 atom stereocenters. The standard InChI is InChI=1S/C15H23F2NOS.H2S/c1-9(2)11-7-14(17)12(8-13(11)16)10(3)18-20(19)15(4,5)6;/h7-10,18H,1-6H3;1H2/t10-,20+;/m0./s1. The molecule has 0 unspecified atom stereocenters. The highest BCUT2D eigenvalue weighted by atomic mass is 32.2. The minimum atomic E-state index is -1.34. The van der Waals surface area contributed by atoms with Gasteiger partial charge in [0, 0.05) is 11.6 Å². The first-order valence-electron chi connectivity index (χ1n) is 6.71. The highest BCUT2D eigenvalue weighted by molar-refractivity contribution is 7.84. The Balaban J connectivity index is 0.00000400. The van der Waals surface area contributed by atoms with E-state index in [1.807, 2.05) is 34.6 Å². The van der Waals surface area contributed by atoms with Crippen LogP contribution in [0.5, 0.6) is 0 Å². The number of halogens is 2. The van der Waals surface area contributed by atoms with Gasteiger partial charge in [-0.05, 0) is 51.3 Å². The van der Waals surface area contributed by atoms with Crippen LogP contribution in [0.4, 0.5) is 8.78 Å². The van der Waals surface area contributed by atoms with Crippen LogP contribution in [0.25, 0.3) is 0 Å². The zero-order valence-corrected chi connectivity index (χ0v) is 15.2. The van der Waals surface area contributed by atoms with E-state index in [4.69, 9.17) is 0 Å². The molecule has 0 aromatic heterocycles. The highest BCUT2D eigenvalue weighted by Gasteiger charge is 2.24. The van der Waals surface area contributed by atoms with E-state index in [1.165, 1.54) is 12.1 Å². The van der Waals surface area contributed by atoms with Crippen LogP contribution in [0.15, 0.2) is 12.1 Å². The molecule has 1 aromatic carbocycles. The summed E-state index contributed by atoms with van der Waals surface area (Å²) in [6, 6.07) is 1.90. The van der Waals surface area contributed by atoms with E-state index >= 15 is 0 Å². The smallest absolute Gasteiger partial charge is 0.128 e. The summed E-state index contributed by atoms with van der Waals surface area (Å²) in [5.41, 5.74) is 0.555. The Morgan fingerprint density at radius 2 is 1.48 bits per heavy atom. The van der Waals surface area contributed by atoms with Crippen molar-refractivity contribution in [1.29, 1.82) is 0 Å². The molecular weight excluding hydrogens is 312 g/mol. The van der Waals surface area contributed by atoms with Crippen LogP contribution in [-0.4, -0.2) is 8.96 Å². The van der Waals surface area contributed by atoms with Crippen molar-refractivity contribution in [1.82, 2.24) is 4.72 Å². The number of hydrogen-bond donors (Lipinski definition) is 1. The molecule has 0 radical (unpaired) electrons. The van der Waals surface area contributed by atoms with E-state index in [1.54, 1.807) is 6.92 Å². The van der Waals surface area contributed by atoms with E-state index < -0.39 is 33.4 Å². The fraction of sp³-hybridized carbons (Fsp3) is 0.600. The minimum absolute atomic E-state index is 0. The molecule has 0 aliphatic heterocycles. The zero-order chi connectivity index (χ0) is 15.7. The van der Waals surface area contributed by atoms with Crippen molar-refractivity contribution in [3.8, 4) is 0 Å². The average molecular weight is 338 g/mol. The largest absolute Gasteiger partial charge is 0.242 e. The maximum atomic E-state index is 14.1. The van der Waals surface area contributed by atoms with E-state index in [0.29, 0.717) is 5.56 Å². The molecule has 0 aliphatic carbocycles. The van der Waals surface area contributed by atoms with Crippen LogP contribution in [0.1, 0.15) is 64.6 Å². The third kappa shape index (κ3) is 5.34. The van der Waals surface area contributed by atoms with Gasteiger partial charge in [-0.25, -0.2) is 17.7 Å². The molecule has 1 aromatic rings. The van der Waals surface area contributed by atoms with Gasteiger partial charge in [0.1, 0.15) is 11.6 Å². The SMILES string of the molecule is CC(C)c1cc(F)c([C@H](C)N[S@](=O)C(C)(C)C)cc1F.S. The van der Waals surface area contributed by atoms with Gasteiger partial charge in [-0.15, -0.1) is 0 Å². The van der Waals surface area contributed by atoms with Crippen LogP contribution >= 0.6 is 13.5 Å². The van der Waals surface area contributed by atoms with Crippen LogP contribution < -0.4 is 4.72 Å². The summed E-state index contributed by atoms with van der Waals surface area (Å²) < 4.78 is 42.4. The van der Waals surface area contributed by atoms with E-state index in [9.17, 15) is 13.0 Å². The van der Waals surface area contributed by atoms with E-state index in [0.717, 1.165) is 0 Å². The quantitative estimate of drug-likeness (QED) is 0.871. The van der Waals surface area contributed by atoms with Crippen LogP contribution in [0, 0.1) is 11.6 Å². The van der Waals surface area contributed by atoms with Crippen LogP contribution in [-0.2, 0) is 11.0 Å². The average Bonchev–Trinajstić information content (AvgIpc) is 2.29. The Labute approximate surface area is 135 Å². The number of hydrogen-bond acceptors (Lipinski definition) is 1. The molecule has 0 saturated carbocycles. The molecule has 1 rings (SSSR count). The van der Waals surface area contributed by atoms with E-state index in [2.05, 4.69) is 4.72 Å². The van der Waals surface area contributed by atoms with Gasteiger partial charge in [-0.3, -0.25) is 0 Å². The summed E-state index contributed by atoms with van der Waals surface area (Å²) in [7, 11) is -1.34.